The molecule has 1 atom stereocenters. The van der Waals surface area contributed by atoms with Gasteiger partial charge in [0.25, 0.3) is 0 Å². The van der Waals surface area contributed by atoms with Crippen LogP contribution in [0.4, 0.5) is 5.82 Å². The van der Waals surface area contributed by atoms with E-state index in [4.69, 9.17) is 24.3 Å². The number of pyridine rings is 1. The molecule has 10 heteroatoms. The van der Waals surface area contributed by atoms with E-state index in [1.165, 1.54) is 12.8 Å². The van der Waals surface area contributed by atoms with Crippen LogP contribution in [0.25, 0.3) is 11.0 Å². The molecule has 0 bridgehead atoms. The van der Waals surface area contributed by atoms with E-state index in [2.05, 4.69) is 17.3 Å². The van der Waals surface area contributed by atoms with Crippen molar-refractivity contribution < 1.29 is 19.0 Å². The maximum absolute atomic E-state index is 13.4. The molecule has 3 heterocycles. The van der Waals surface area contributed by atoms with Crippen molar-refractivity contribution in [1.29, 1.82) is 0 Å². The average Bonchev–Trinajstić information content (AvgIpc) is 3.95. The van der Waals surface area contributed by atoms with Crippen LogP contribution in [0.2, 0.25) is 0 Å². The smallest absolute Gasteiger partial charge is 0.246 e. The molecule has 1 N–H and O–H groups in total. The van der Waals surface area contributed by atoms with Gasteiger partial charge in [0.1, 0.15) is 34.1 Å². The summed E-state index contributed by atoms with van der Waals surface area (Å²) >= 11 is 0. The van der Waals surface area contributed by atoms with Crippen LogP contribution >= 0.6 is 0 Å². The van der Waals surface area contributed by atoms with Crippen molar-refractivity contribution in [2.45, 2.75) is 50.7 Å². The third-order valence-electron chi connectivity index (χ3n) is 9.36. The molecule has 0 radical (unpaired) electrons. The number of methoxy groups -OCH3 is 1. The van der Waals surface area contributed by atoms with Gasteiger partial charge in [-0.1, -0.05) is 36.4 Å². The molecule has 258 valence electrons. The van der Waals surface area contributed by atoms with E-state index in [1.807, 2.05) is 101 Å². The summed E-state index contributed by atoms with van der Waals surface area (Å²) in [5.74, 6) is 4.32. The minimum Gasteiger partial charge on any atom is -0.497 e. The number of likely N-dealkylation sites (tertiary alicyclic amines) is 1. The van der Waals surface area contributed by atoms with Gasteiger partial charge in [-0.3, -0.25) is 9.69 Å². The van der Waals surface area contributed by atoms with Crippen LogP contribution in [0.3, 0.4) is 0 Å². The van der Waals surface area contributed by atoms with Gasteiger partial charge >= 0.3 is 0 Å². The molecular weight excluding hydrogens is 628 g/mol. The maximum atomic E-state index is 13.4. The summed E-state index contributed by atoms with van der Waals surface area (Å²) in [4.78, 5) is 22.4. The molecule has 1 aliphatic carbocycles. The van der Waals surface area contributed by atoms with Crippen LogP contribution in [0.1, 0.15) is 37.7 Å². The molecule has 10 nitrogen and oxygen atoms in total. The standard InChI is InChI=1S/C40H44N6O4/c1-44(30-15-16-30)25-8-12-37(47)45-26-7-6-9-31(45)27-42-39-38-36(50-35-21-19-34(20-22-35)49-33-10-4-3-5-11-33)23-24-41-40(38)46(43-39)28-29-13-17-32(48-2)18-14-29/h3-5,8,10-14,17-24,30-31H,6-7,9,15-16,25-28H2,1-2H3,(H,42,43)/b12-8+. The number of amides is 1. The number of nitrogens with zero attached hydrogens (tertiary/aromatic N) is 5. The van der Waals surface area contributed by atoms with Crippen LogP contribution in [0, 0.1) is 0 Å². The fourth-order valence-electron chi connectivity index (χ4n) is 6.42. The number of rotatable bonds is 14. The highest BCUT2D eigenvalue weighted by Crippen LogP contribution is 2.36. The number of carbonyl (C=O) groups excluding carboxylic acids is 1. The van der Waals surface area contributed by atoms with E-state index in [0.717, 1.165) is 60.6 Å². The van der Waals surface area contributed by atoms with E-state index >= 15 is 0 Å². The third-order valence-corrected chi connectivity index (χ3v) is 9.36. The quantitative estimate of drug-likeness (QED) is 0.121. The number of nitrogens with one attached hydrogen (secondary N) is 1. The van der Waals surface area contributed by atoms with Gasteiger partial charge in [-0.25, -0.2) is 9.67 Å². The Balaban J connectivity index is 1.12. The lowest BCUT2D eigenvalue weighted by Crippen LogP contribution is -2.46. The molecule has 7 rings (SSSR count). The molecule has 3 aromatic carbocycles. The summed E-state index contributed by atoms with van der Waals surface area (Å²) < 4.78 is 19.7. The van der Waals surface area contributed by atoms with E-state index < -0.39 is 0 Å². The minimum atomic E-state index is 0.0436. The van der Waals surface area contributed by atoms with Crippen molar-refractivity contribution >= 4 is 22.8 Å². The summed E-state index contributed by atoms with van der Waals surface area (Å²) in [6, 6.07) is 27.8. The number of fused-ring (bicyclic) bond motifs is 1. The highest BCUT2D eigenvalue weighted by Gasteiger charge is 2.28. The Kier molecular flexibility index (Phi) is 10.3. The van der Waals surface area contributed by atoms with Crippen LogP contribution in [0.15, 0.2) is 103 Å². The number of benzene rings is 3. The number of hydrogen-bond acceptors (Lipinski definition) is 8. The molecule has 1 aliphatic heterocycles. The molecule has 5 aromatic rings. The summed E-state index contributed by atoms with van der Waals surface area (Å²) in [6.07, 6.45) is 11.0. The van der Waals surface area contributed by atoms with Crippen molar-refractivity contribution in [3.05, 3.63) is 109 Å². The molecule has 50 heavy (non-hydrogen) atoms. The normalized spacial score (nSPS) is 16.2. The van der Waals surface area contributed by atoms with E-state index in [-0.39, 0.29) is 11.9 Å². The Morgan fingerprint density at radius 1 is 0.900 bits per heavy atom. The second-order valence-corrected chi connectivity index (χ2v) is 13.0. The minimum absolute atomic E-state index is 0.0436. The van der Waals surface area contributed by atoms with E-state index in [9.17, 15) is 4.79 Å². The zero-order valence-electron chi connectivity index (χ0n) is 28.7. The number of piperidine rings is 1. The first-order valence-corrected chi connectivity index (χ1v) is 17.4. The molecule has 2 aromatic heterocycles. The Morgan fingerprint density at radius 2 is 1.62 bits per heavy atom. The van der Waals surface area contributed by atoms with Gasteiger partial charge in [0.2, 0.25) is 5.91 Å². The lowest BCUT2D eigenvalue weighted by atomic mass is 10.0. The lowest BCUT2D eigenvalue weighted by Gasteiger charge is -2.35. The van der Waals surface area contributed by atoms with Gasteiger partial charge in [-0.05, 0) is 93.2 Å². The summed E-state index contributed by atoms with van der Waals surface area (Å²) in [6.45, 7) is 2.62. The Labute approximate surface area is 293 Å². The van der Waals surface area contributed by atoms with Crippen LogP contribution in [0.5, 0.6) is 28.7 Å². The lowest BCUT2D eigenvalue weighted by molar-refractivity contribution is -0.129. The Bertz CT molecular complexity index is 1900. The average molecular weight is 673 g/mol. The zero-order valence-corrected chi connectivity index (χ0v) is 28.7. The van der Waals surface area contributed by atoms with Crippen molar-refractivity contribution in [3.63, 3.8) is 0 Å². The number of likely N-dealkylation sites (N-methyl/N-ethyl adjacent to an activating group) is 1. The molecule has 1 unspecified atom stereocenters. The molecule has 1 amide bonds. The predicted molar refractivity (Wildman–Crippen MR) is 195 cm³/mol. The monoisotopic (exact) mass is 672 g/mol. The molecule has 1 saturated heterocycles. The first kappa shape index (κ1) is 33.2. The fraction of sp³-hybridized carbons (Fsp3) is 0.325. The molecule has 2 aliphatic rings. The van der Waals surface area contributed by atoms with Gasteiger partial charge in [-0.2, -0.15) is 5.10 Å². The largest absolute Gasteiger partial charge is 0.497 e. The van der Waals surface area contributed by atoms with Crippen LogP contribution < -0.4 is 19.5 Å². The third kappa shape index (κ3) is 8.09. The van der Waals surface area contributed by atoms with Gasteiger partial charge in [0.05, 0.1) is 13.7 Å². The second kappa shape index (κ2) is 15.5. The molecule has 0 spiro atoms. The van der Waals surface area contributed by atoms with Crippen molar-refractivity contribution in [2.24, 2.45) is 0 Å². The number of anilines is 1. The predicted octanol–water partition coefficient (Wildman–Crippen LogP) is 7.52. The van der Waals surface area contributed by atoms with Gasteiger partial charge in [-0.15, -0.1) is 0 Å². The number of carbonyl (C=O) groups is 1. The van der Waals surface area contributed by atoms with Gasteiger partial charge in [0.15, 0.2) is 11.5 Å². The fourth-order valence-corrected chi connectivity index (χ4v) is 6.42. The van der Waals surface area contributed by atoms with Crippen LogP contribution in [-0.4, -0.2) is 76.3 Å². The molecule has 1 saturated carbocycles. The van der Waals surface area contributed by atoms with E-state index in [1.54, 1.807) is 19.4 Å². The maximum Gasteiger partial charge on any atom is 0.246 e. The summed E-state index contributed by atoms with van der Waals surface area (Å²) in [7, 11) is 3.79. The Hall–Kier alpha value is -5.35. The topological polar surface area (TPSA) is 94.0 Å². The first-order valence-electron chi connectivity index (χ1n) is 17.4. The van der Waals surface area contributed by atoms with Crippen molar-refractivity contribution in [3.8, 4) is 28.7 Å². The number of ether oxygens (including phenoxy) is 3. The zero-order chi connectivity index (χ0) is 34.3. The Morgan fingerprint density at radius 3 is 2.36 bits per heavy atom. The SMILES string of the molecule is COc1ccc(Cn2nc(NCC3CCCCN3C(=O)/C=C/CN(C)C3CC3)c3c(Oc4ccc(Oc5ccccc5)cc4)ccnc32)cc1. The highest BCUT2D eigenvalue weighted by atomic mass is 16.5. The summed E-state index contributed by atoms with van der Waals surface area (Å²) in [5, 5.41) is 9.41. The molecular formula is C40H44N6O4. The van der Waals surface area contributed by atoms with E-state index in [0.29, 0.717) is 42.1 Å². The number of aromatic nitrogens is 3. The van der Waals surface area contributed by atoms with Crippen LogP contribution in [-0.2, 0) is 11.3 Å². The van der Waals surface area contributed by atoms with Gasteiger partial charge in [0, 0.05) is 50.1 Å². The van der Waals surface area contributed by atoms with Crippen molar-refractivity contribution in [2.75, 3.05) is 39.1 Å². The second-order valence-electron chi connectivity index (χ2n) is 13.0. The number of para-hydroxylation sites is 1. The summed E-state index contributed by atoms with van der Waals surface area (Å²) in [5.41, 5.74) is 1.76. The first-order chi connectivity index (χ1) is 24.5. The number of hydrogen-bond donors (Lipinski definition) is 1. The van der Waals surface area contributed by atoms with Crippen molar-refractivity contribution in [1.82, 2.24) is 24.6 Å². The molecule has 2 fully saturated rings. The van der Waals surface area contributed by atoms with Gasteiger partial charge < -0.3 is 24.4 Å². The highest BCUT2D eigenvalue weighted by molar-refractivity contribution is 5.93.